The van der Waals surface area contributed by atoms with Crippen molar-refractivity contribution in [3.63, 3.8) is 0 Å². The molecule has 0 aliphatic carbocycles. The molecule has 0 rings (SSSR count). The maximum atomic E-state index is 10.7. The van der Waals surface area contributed by atoms with Crippen LogP contribution >= 0.6 is 12.4 Å². The number of carbonyl (C=O) groups is 1. The Morgan fingerprint density at radius 3 is 2.75 bits per heavy atom. The van der Waals surface area contributed by atoms with E-state index in [1.165, 1.54) is 6.08 Å². The van der Waals surface area contributed by atoms with E-state index in [4.69, 9.17) is 4.74 Å². The molecule has 0 unspecified atom stereocenters. The van der Waals surface area contributed by atoms with E-state index in [2.05, 4.69) is 12.2 Å². The van der Waals surface area contributed by atoms with Crippen molar-refractivity contribution < 1.29 is 9.53 Å². The Labute approximate surface area is 79.6 Å². The van der Waals surface area contributed by atoms with Gasteiger partial charge in [0.25, 0.3) is 0 Å². The molecule has 0 atom stereocenters. The molecule has 0 aromatic rings. The Bertz CT molecular complexity index is 137. The lowest BCUT2D eigenvalue weighted by molar-refractivity contribution is -0.137. The molecule has 0 spiro atoms. The van der Waals surface area contributed by atoms with Crippen molar-refractivity contribution >= 4 is 18.4 Å². The average Bonchev–Trinajstić information content (AvgIpc) is 2.01. The Hall–Kier alpha value is -0.700. The number of hydrogen-bond donors (Lipinski definition) is 1. The van der Waals surface area contributed by atoms with Crippen LogP contribution < -0.4 is 5.32 Å². The molecule has 4 heteroatoms. The molecule has 0 aliphatic rings. The molecule has 0 aromatic carbocycles. The molecule has 72 valence electrons. The van der Waals surface area contributed by atoms with Crippen molar-refractivity contribution in [2.75, 3.05) is 13.7 Å². The Kier molecular flexibility index (Phi) is 11.9. The third-order valence-electron chi connectivity index (χ3n) is 1.13. The summed E-state index contributed by atoms with van der Waals surface area (Å²) in [5.74, 6) is -0.284. The summed E-state index contributed by atoms with van der Waals surface area (Å²) in [4.78, 5) is 10.7. The number of unbranched alkanes of at least 4 members (excludes halogenated alkanes) is 1. The lowest BCUT2D eigenvalue weighted by atomic mass is 10.4. The first-order valence-electron chi connectivity index (χ1n) is 3.81. The molecule has 12 heavy (non-hydrogen) atoms. The first-order chi connectivity index (χ1) is 5.31. The summed E-state index contributed by atoms with van der Waals surface area (Å²) in [7, 11) is 1.73. The summed E-state index contributed by atoms with van der Waals surface area (Å²) >= 11 is 0. The van der Waals surface area contributed by atoms with E-state index in [0.717, 1.165) is 12.8 Å². The van der Waals surface area contributed by atoms with Crippen LogP contribution in [0.25, 0.3) is 0 Å². The highest BCUT2D eigenvalue weighted by Crippen LogP contribution is 1.88. The van der Waals surface area contributed by atoms with Crippen LogP contribution in [0.5, 0.6) is 0 Å². The van der Waals surface area contributed by atoms with Crippen molar-refractivity contribution in [1.29, 1.82) is 0 Å². The third-order valence-corrected chi connectivity index (χ3v) is 1.13. The van der Waals surface area contributed by atoms with Gasteiger partial charge in [0.2, 0.25) is 0 Å². The third kappa shape index (κ3) is 9.30. The van der Waals surface area contributed by atoms with Crippen LogP contribution in [-0.2, 0) is 9.53 Å². The first-order valence-corrected chi connectivity index (χ1v) is 3.81. The first kappa shape index (κ1) is 13.9. The van der Waals surface area contributed by atoms with E-state index in [9.17, 15) is 4.79 Å². The zero-order chi connectivity index (χ0) is 8.53. The van der Waals surface area contributed by atoms with Crippen LogP contribution in [0.4, 0.5) is 0 Å². The van der Waals surface area contributed by atoms with Crippen LogP contribution in [0.15, 0.2) is 12.3 Å². The van der Waals surface area contributed by atoms with Gasteiger partial charge in [0.05, 0.1) is 6.61 Å². The summed E-state index contributed by atoms with van der Waals surface area (Å²) in [5, 5.41) is 2.71. The van der Waals surface area contributed by atoms with E-state index < -0.39 is 0 Å². The van der Waals surface area contributed by atoms with Crippen LogP contribution in [0.1, 0.15) is 19.8 Å². The smallest absolute Gasteiger partial charge is 0.332 e. The minimum Gasteiger partial charge on any atom is -0.462 e. The second kappa shape index (κ2) is 10.3. The molecule has 0 saturated carbocycles. The lowest BCUT2D eigenvalue weighted by Gasteiger charge is -1.98. The quantitative estimate of drug-likeness (QED) is 0.409. The van der Waals surface area contributed by atoms with Gasteiger partial charge in [0.15, 0.2) is 0 Å². The Balaban J connectivity index is 0. The minimum atomic E-state index is -0.284. The molecule has 0 aromatic heterocycles. The maximum absolute atomic E-state index is 10.7. The standard InChI is InChI=1S/C8H15NO2.ClH/c1-3-4-7-11-8(10)5-6-9-2;/h5-6,9H,3-4,7H2,1-2H3;1H. The van der Waals surface area contributed by atoms with Gasteiger partial charge in [-0.2, -0.15) is 0 Å². The fourth-order valence-electron chi connectivity index (χ4n) is 0.517. The summed E-state index contributed by atoms with van der Waals surface area (Å²) in [6.45, 7) is 2.57. The van der Waals surface area contributed by atoms with Gasteiger partial charge in [0.1, 0.15) is 0 Å². The zero-order valence-corrected chi connectivity index (χ0v) is 8.32. The van der Waals surface area contributed by atoms with Crippen LogP contribution in [0.3, 0.4) is 0 Å². The number of esters is 1. The van der Waals surface area contributed by atoms with Crippen molar-refractivity contribution in [2.24, 2.45) is 0 Å². The molecule has 1 N–H and O–H groups in total. The van der Waals surface area contributed by atoms with Crippen LogP contribution in [-0.4, -0.2) is 19.6 Å². The largest absolute Gasteiger partial charge is 0.462 e. The van der Waals surface area contributed by atoms with Crippen LogP contribution in [0.2, 0.25) is 0 Å². The van der Waals surface area contributed by atoms with Gasteiger partial charge < -0.3 is 10.1 Å². The van der Waals surface area contributed by atoms with Gasteiger partial charge in [-0.05, 0) is 6.42 Å². The highest BCUT2D eigenvalue weighted by molar-refractivity contribution is 5.85. The van der Waals surface area contributed by atoms with Gasteiger partial charge in [-0.1, -0.05) is 13.3 Å². The number of nitrogens with one attached hydrogen (secondary N) is 1. The van der Waals surface area contributed by atoms with Gasteiger partial charge >= 0.3 is 5.97 Å². The van der Waals surface area contributed by atoms with E-state index in [-0.39, 0.29) is 18.4 Å². The molecule has 0 saturated heterocycles. The highest BCUT2D eigenvalue weighted by atomic mass is 35.5. The topological polar surface area (TPSA) is 38.3 Å². The van der Waals surface area contributed by atoms with Gasteiger partial charge in [-0.3, -0.25) is 0 Å². The Morgan fingerprint density at radius 2 is 2.25 bits per heavy atom. The Morgan fingerprint density at radius 1 is 1.58 bits per heavy atom. The number of rotatable bonds is 5. The molecule has 0 radical (unpaired) electrons. The van der Waals surface area contributed by atoms with E-state index in [1.807, 2.05) is 0 Å². The van der Waals surface area contributed by atoms with E-state index in [0.29, 0.717) is 6.61 Å². The average molecular weight is 194 g/mol. The molecule has 0 fully saturated rings. The van der Waals surface area contributed by atoms with Gasteiger partial charge in [0, 0.05) is 19.3 Å². The second-order valence-corrected chi connectivity index (χ2v) is 2.14. The SMILES string of the molecule is CCCCOC(=O)C=CNC.Cl. The molecule has 3 nitrogen and oxygen atoms in total. The fraction of sp³-hybridized carbons (Fsp3) is 0.625. The summed E-state index contributed by atoms with van der Waals surface area (Å²) in [6, 6.07) is 0. The molecule has 0 bridgehead atoms. The van der Waals surface area contributed by atoms with Crippen molar-refractivity contribution in [2.45, 2.75) is 19.8 Å². The molecular formula is C8H16ClNO2. The highest BCUT2D eigenvalue weighted by Gasteiger charge is 1.93. The van der Waals surface area contributed by atoms with Crippen molar-refractivity contribution in [1.82, 2.24) is 5.32 Å². The number of carbonyl (C=O) groups excluding carboxylic acids is 1. The fourth-order valence-corrected chi connectivity index (χ4v) is 0.517. The molecule has 0 heterocycles. The van der Waals surface area contributed by atoms with E-state index in [1.54, 1.807) is 13.2 Å². The monoisotopic (exact) mass is 193 g/mol. The van der Waals surface area contributed by atoms with Gasteiger partial charge in [-0.25, -0.2) is 4.79 Å². The second-order valence-electron chi connectivity index (χ2n) is 2.14. The summed E-state index contributed by atoms with van der Waals surface area (Å²) < 4.78 is 4.82. The lowest BCUT2D eigenvalue weighted by Crippen LogP contribution is -2.03. The predicted octanol–water partition coefficient (Wildman–Crippen LogP) is 1.48. The summed E-state index contributed by atoms with van der Waals surface area (Å²) in [5.41, 5.74) is 0. The van der Waals surface area contributed by atoms with Gasteiger partial charge in [-0.15, -0.1) is 12.4 Å². The summed E-state index contributed by atoms with van der Waals surface area (Å²) in [6.07, 6.45) is 4.89. The maximum Gasteiger partial charge on any atom is 0.332 e. The number of halogens is 1. The normalized spacial score (nSPS) is 9.17. The molecule has 0 aliphatic heterocycles. The number of hydrogen-bond acceptors (Lipinski definition) is 3. The van der Waals surface area contributed by atoms with Crippen molar-refractivity contribution in [3.05, 3.63) is 12.3 Å². The minimum absolute atomic E-state index is 0. The number of ether oxygens (including phenoxy) is 1. The van der Waals surface area contributed by atoms with Crippen LogP contribution in [0, 0.1) is 0 Å². The van der Waals surface area contributed by atoms with E-state index >= 15 is 0 Å². The zero-order valence-electron chi connectivity index (χ0n) is 7.50. The molecule has 0 amide bonds. The van der Waals surface area contributed by atoms with Crippen molar-refractivity contribution in [3.8, 4) is 0 Å². The molecular weight excluding hydrogens is 178 g/mol. The predicted molar refractivity (Wildman–Crippen MR) is 51.3 cm³/mol.